The molecular weight excluding hydrogens is 743 g/mol. The van der Waals surface area contributed by atoms with Crippen molar-refractivity contribution in [3.05, 3.63) is 88.5 Å². The zero-order valence-corrected chi connectivity index (χ0v) is 37.4. The van der Waals surface area contributed by atoms with Crippen molar-refractivity contribution < 1.29 is 47.4 Å². The Morgan fingerprint density at radius 3 is 1.65 bits per heavy atom. The molecule has 0 atom stereocenters. The van der Waals surface area contributed by atoms with Crippen LogP contribution in [0.15, 0.2) is 60.7 Å². The standard InChI is InChI=1S/C45H67NO10Si/c1-42(2,3)57(11,12)56-22-14-21-46(8)35-16-13-15-34(25-35)45(47,36-23-32(17-19-38(36)54-30-48-9)40-50-26-43(4,5)27-51-40)37-24-33(18-20-39(37)55-31-49-10)41-52-28-44(6,7)29-53-41/h13,15-20,23-25,40-41,47H,14,21-22,26-31H2,1-12H3. The lowest BCUT2D eigenvalue weighted by molar-refractivity contribution is -0.226. The molecule has 5 rings (SSSR count). The monoisotopic (exact) mass is 809 g/mol. The molecule has 3 aromatic rings. The lowest BCUT2D eigenvalue weighted by Crippen LogP contribution is -2.41. The van der Waals surface area contributed by atoms with Crippen LogP contribution >= 0.6 is 0 Å². The Morgan fingerprint density at radius 2 is 1.21 bits per heavy atom. The molecule has 57 heavy (non-hydrogen) atoms. The van der Waals surface area contributed by atoms with Crippen LogP contribution in [0.2, 0.25) is 18.1 Å². The molecule has 0 spiro atoms. The van der Waals surface area contributed by atoms with Crippen LogP contribution in [0.25, 0.3) is 0 Å². The number of hydrogen-bond donors (Lipinski definition) is 1. The fraction of sp³-hybridized carbons (Fsp3) is 0.600. The number of hydrogen-bond acceptors (Lipinski definition) is 11. The van der Waals surface area contributed by atoms with Crippen LogP contribution in [-0.2, 0) is 38.4 Å². The van der Waals surface area contributed by atoms with Gasteiger partial charge in [0.05, 0.1) is 26.4 Å². The fourth-order valence-electron chi connectivity index (χ4n) is 6.62. The molecule has 0 saturated carbocycles. The average Bonchev–Trinajstić information content (AvgIpc) is 3.17. The first-order chi connectivity index (χ1) is 26.8. The third-order valence-corrected chi connectivity index (χ3v) is 15.6. The Kier molecular flexibility index (Phi) is 14.6. The molecule has 12 heteroatoms. The van der Waals surface area contributed by atoms with Gasteiger partial charge in [-0.1, -0.05) is 72.7 Å². The molecule has 2 heterocycles. The van der Waals surface area contributed by atoms with Crippen LogP contribution in [0.3, 0.4) is 0 Å². The second-order valence-electron chi connectivity index (χ2n) is 18.5. The van der Waals surface area contributed by atoms with E-state index >= 15 is 0 Å². The zero-order valence-electron chi connectivity index (χ0n) is 36.4. The molecule has 0 unspecified atom stereocenters. The largest absolute Gasteiger partial charge is 0.467 e. The van der Waals surface area contributed by atoms with E-state index in [0.717, 1.165) is 29.8 Å². The summed E-state index contributed by atoms with van der Waals surface area (Å²) in [6, 6.07) is 19.2. The normalized spacial score (nSPS) is 18.1. The van der Waals surface area contributed by atoms with Gasteiger partial charge in [-0.25, -0.2) is 0 Å². The van der Waals surface area contributed by atoms with Gasteiger partial charge in [0.2, 0.25) is 0 Å². The first-order valence-electron chi connectivity index (χ1n) is 20.0. The van der Waals surface area contributed by atoms with Gasteiger partial charge in [-0.3, -0.25) is 0 Å². The predicted molar refractivity (Wildman–Crippen MR) is 224 cm³/mol. The van der Waals surface area contributed by atoms with Gasteiger partial charge in [-0.05, 0) is 66.5 Å². The van der Waals surface area contributed by atoms with Gasteiger partial charge in [0, 0.05) is 73.2 Å². The minimum Gasteiger partial charge on any atom is -0.467 e. The van der Waals surface area contributed by atoms with Crippen molar-refractivity contribution >= 4 is 14.0 Å². The number of nitrogens with zero attached hydrogens (tertiary/aromatic N) is 1. The molecule has 0 radical (unpaired) electrons. The van der Waals surface area contributed by atoms with Crippen LogP contribution < -0.4 is 14.4 Å². The van der Waals surface area contributed by atoms with E-state index in [1.165, 1.54) is 0 Å². The molecule has 316 valence electrons. The number of ether oxygens (including phenoxy) is 8. The Balaban J connectivity index is 1.64. The van der Waals surface area contributed by atoms with Crippen molar-refractivity contribution in [1.82, 2.24) is 0 Å². The molecule has 0 bridgehead atoms. The molecule has 2 aliphatic heterocycles. The number of methoxy groups -OCH3 is 2. The highest BCUT2D eigenvalue weighted by Crippen LogP contribution is 2.48. The number of aliphatic hydroxyl groups is 1. The van der Waals surface area contributed by atoms with Crippen LogP contribution in [0.1, 0.15) is 95.3 Å². The summed E-state index contributed by atoms with van der Waals surface area (Å²) in [5, 5.41) is 14.0. The Labute approximate surface area is 341 Å². The van der Waals surface area contributed by atoms with Crippen molar-refractivity contribution in [3.8, 4) is 11.5 Å². The molecule has 11 nitrogen and oxygen atoms in total. The lowest BCUT2D eigenvalue weighted by Gasteiger charge is -2.37. The topological polar surface area (TPSA) is 107 Å². The smallest absolute Gasteiger partial charge is 0.191 e. The minimum absolute atomic E-state index is 0.0423. The van der Waals surface area contributed by atoms with Crippen LogP contribution in [0, 0.1) is 10.8 Å². The second-order valence-corrected chi connectivity index (χ2v) is 23.3. The van der Waals surface area contributed by atoms with Gasteiger partial charge in [-0.15, -0.1) is 0 Å². The van der Waals surface area contributed by atoms with Crippen LogP contribution in [-0.4, -0.2) is 87.9 Å². The molecular formula is C45H67NO10Si. The van der Waals surface area contributed by atoms with Crippen molar-refractivity contribution in [2.75, 3.05) is 79.3 Å². The molecule has 2 saturated heterocycles. The molecule has 0 aromatic heterocycles. The van der Waals surface area contributed by atoms with Crippen LogP contribution in [0.4, 0.5) is 5.69 Å². The number of anilines is 1. The molecule has 2 fully saturated rings. The first kappa shape index (κ1) is 45.0. The van der Waals surface area contributed by atoms with E-state index in [2.05, 4.69) is 73.5 Å². The van der Waals surface area contributed by atoms with E-state index in [9.17, 15) is 5.11 Å². The maximum atomic E-state index is 13.8. The third kappa shape index (κ3) is 11.0. The minimum atomic E-state index is -1.87. The van der Waals surface area contributed by atoms with E-state index < -0.39 is 26.5 Å². The quantitative estimate of drug-likeness (QED) is 0.0612. The fourth-order valence-corrected chi connectivity index (χ4v) is 7.71. The van der Waals surface area contributed by atoms with Gasteiger partial charge in [-0.2, -0.15) is 0 Å². The van der Waals surface area contributed by atoms with Gasteiger partial charge in [0.15, 0.2) is 34.5 Å². The second kappa shape index (κ2) is 18.5. The zero-order chi connectivity index (χ0) is 41.6. The summed E-state index contributed by atoms with van der Waals surface area (Å²) in [4.78, 5) is 2.19. The van der Waals surface area contributed by atoms with E-state index in [4.69, 9.17) is 42.3 Å². The highest BCUT2D eigenvalue weighted by molar-refractivity contribution is 6.74. The third-order valence-electron chi connectivity index (χ3n) is 11.1. The maximum absolute atomic E-state index is 13.8. The van der Waals surface area contributed by atoms with Gasteiger partial charge < -0.3 is 52.3 Å². The van der Waals surface area contributed by atoms with Crippen molar-refractivity contribution in [1.29, 1.82) is 0 Å². The molecule has 1 N–H and O–H groups in total. The van der Waals surface area contributed by atoms with Crippen molar-refractivity contribution in [2.45, 2.75) is 91.2 Å². The summed E-state index contributed by atoms with van der Waals surface area (Å²) in [7, 11) is 3.31. The molecule has 0 aliphatic carbocycles. The summed E-state index contributed by atoms with van der Waals surface area (Å²) < 4.78 is 54.7. The first-order valence-corrected chi connectivity index (χ1v) is 22.9. The van der Waals surface area contributed by atoms with Gasteiger partial charge in [0.1, 0.15) is 17.1 Å². The summed E-state index contributed by atoms with van der Waals surface area (Å²) in [5.74, 6) is 0.826. The summed E-state index contributed by atoms with van der Waals surface area (Å²) in [6.45, 7) is 23.2. The molecule has 0 amide bonds. The van der Waals surface area contributed by atoms with Gasteiger partial charge in [0.25, 0.3) is 0 Å². The highest BCUT2D eigenvalue weighted by Gasteiger charge is 2.42. The van der Waals surface area contributed by atoms with E-state index in [0.29, 0.717) is 61.2 Å². The lowest BCUT2D eigenvalue weighted by atomic mass is 9.78. The Bertz CT molecular complexity index is 1670. The average molecular weight is 810 g/mol. The summed E-state index contributed by atoms with van der Waals surface area (Å²) >= 11 is 0. The van der Waals surface area contributed by atoms with Crippen molar-refractivity contribution in [3.63, 3.8) is 0 Å². The van der Waals surface area contributed by atoms with Crippen molar-refractivity contribution in [2.24, 2.45) is 10.8 Å². The number of benzene rings is 3. The summed E-state index contributed by atoms with van der Waals surface area (Å²) in [6.07, 6.45) is -0.444. The number of rotatable bonds is 17. The van der Waals surface area contributed by atoms with E-state index in [1.807, 2.05) is 60.7 Å². The van der Waals surface area contributed by atoms with Gasteiger partial charge >= 0.3 is 0 Å². The van der Waals surface area contributed by atoms with E-state index in [-0.39, 0.29) is 29.5 Å². The van der Waals surface area contributed by atoms with Crippen LogP contribution in [0.5, 0.6) is 11.5 Å². The maximum Gasteiger partial charge on any atom is 0.191 e. The summed E-state index contributed by atoms with van der Waals surface area (Å²) in [5.41, 5.74) is 1.74. The Hall–Kier alpha value is -3.04. The molecule has 2 aliphatic rings. The van der Waals surface area contributed by atoms with E-state index in [1.54, 1.807) is 14.2 Å². The Morgan fingerprint density at radius 1 is 0.737 bits per heavy atom. The highest BCUT2D eigenvalue weighted by atomic mass is 28.4. The molecule has 3 aromatic carbocycles. The SMILES string of the molecule is COCOc1ccc(C2OCC(C)(C)CO2)cc1C(O)(c1cccc(N(C)CCCO[Si](C)(C)C(C)(C)C)c1)c1cc(C2OCC(C)(C)CO2)ccc1OCOC. The predicted octanol–water partition coefficient (Wildman–Crippen LogP) is 8.93.